The van der Waals surface area contributed by atoms with Gasteiger partial charge in [-0.1, -0.05) is 31.5 Å². The van der Waals surface area contributed by atoms with Crippen LogP contribution in [0.1, 0.15) is 25.8 Å². The molecule has 6 heteroatoms. The highest BCUT2D eigenvalue weighted by atomic mass is 35.5. The lowest BCUT2D eigenvalue weighted by atomic mass is 9.97. The third kappa shape index (κ3) is 6.04. The predicted molar refractivity (Wildman–Crippen MR) is 83.8 cm³/mol. The van der Waals surface area contributed by atoms with Crippen LogP contribution in [0.15, 0.2) is 18.2 Å². The van der Waals surface area contributed by atoms with Crippen molar-refractivity contribution in [3.63, 3.8) is 0 Å². The molecule has 21 heavy (non-hydrogen) atoms. The number of amides is 2. The standard InChI is InChI=1S/C15H21ClN2O3/c1-9(2)6-11(14(19)20)8-17-15(21)18-13-7-12(16)5-4-10(13)3/h4-5,7,9,11H,6,8H2,1-3H3,(H,19,20)(H2,17,18,21). The first-order valence-corrected chi connectivity index (χ1v) is 7.21. The fourth-order valence-electron chi connectivity index (χ4n) is 1.95. The number of halogens is 1. The van der Waals surface area contributed by atoms with Crippen molar-refractivity contribution in [2.24, 2.45) is 11.8 Å². The molecule has 0 bridgehead atoms. The van der Waals surface area contributed by atoms with Gasteiger partial charge in [-0.25, -0.2) is 4.79 Å². The van der Waals surface area contributed by atoms with E-state index in [1.807, 2.05) is 20.8 Å². The predicted octanol–water partition coefficient (Wildman–Crippen LogP) is 3.52. The van der Waals surface area contributed by atoms with Gasteiger partial charge in [0, 0.05) is 17.3 Å². The van der Waals surface area contributed by atoms with Crippen LogP contribution in [0.25, 0.3) is 0 Å². The minimum atomic E-state index is -0.900. The fourth-order valence-corrected chi connectivity index (χ4v) is 2.12. The second-order valence-electron chi connectivity index (χ2n) is 5.46. The minimum Gasteiger partial charge on any atom is -0.481 e. The Morgan fingerprint density at radius 2 is 2.00 bits per heavy atom. The topological polar surface area (TPSA) is 78.4 Å². The molecule has 0 radical (unpaired) electrons. The Bertz CT molecular complexity index is 518. The lowest BCUT2D eigenvalue weighted by Gasteiger charge is -2.16. The number of benzene rings is 1. The lowest BCUT2D eigenvalue weighted by molar-refractivity contribution is -0.142. The molecule has 1 atom stereocenters. The normalized spacial score (nSPS) is 12.0. The zero-order valence-corrected chi connectivity index (χ0v) is 13.2. The molecule has 116 valence electrons. The molecule has 0 saturated heterocycles. The van der Waals surface area contributed by atoms with E-state index in [0.29, 0.717) is 17.1 Å². The van der Waals surface area contributed by atoms with Crippen LogP contribution in [-0.2, 0) is 4.79 Å². The first-order valence-electron chi connectivity index (χ1n) is 6.83. The molecule has 0 aliphatic carbocycles. The third-order valence-corrected chi connectivity index (χ3v) is 3.30. The Hall–Kier alpha value is -1.75. The average Bonchev–Trinajstić information content (AvgIpc) is 2.38. The second-order valence-corrected chi connectivity index (χ2v) is 5.90. The van der Waals surface area contributed by atoms with E-state index >= 15 is 0 Å². The molecule has 0 spiro atoms. The van der Waals surface area contributed by atoms with Gasteiger partial charge in [0.2, 0.25) is 0 Å². The van der Waals surface area contributed by atoms with Crippen LogP contribution < -0.4 is 10.6 Å². The summed E-state index contributed by atoms with van der Waals surface area (Å²) in [5.41, 5.74) is 1.49. The molecular weight excluding hydrogens is 292 g/mol. The molecule has 0 aliphatic rings. The van der Waals surface area contributed by atoms with Crippen molar-refractivity contribution >= 4 is 29.3 Å². The number of carboxylic acid groups (broad SMARTS) is 1. The molecule has 1 rings (SSSR count). The molecule has 1 unspecified atom stereocenters. The Morgan fingerprint density at radius 1 is 1.33 bits per heavy atom. The SMILES string of the molecule is Cc1ccc(Cl)cc1NC(=O)NCC(CC(C)C)C(=O)O. The quantitative estimate of drug-likeness (QED) is 0.752. The first kappa shape index (κ1) is 17.3. The Kier molecular flexibility index (Phi) is 6.49. The Morgan fingerprint density at radius 3 is 2.57 bits per heavy atom. The summed E-state index contributed by atoms with van der Waals surface area (Å²) >= 11 is 5.88. The van der Waals surface area contributed by atoms with Gasteiger partial charge in [-0.3, -0.25) is 4.79 Å². The maximum Gasteiger partial charge on any atom is 0.319 e. The van der Waals surface area contributed by atoms with Crippen molar-refractivity contribution < 1.29 is 14.7 Å². The third-order valence-electron chi connectivity index (χ3n) is 3.06. The van der Waals surface area contributed by atoms with Gasteiger partial charge in [0.25, 0.3) is 0 Å². The minimum absolute atomic E-state index is 0.0962. The molecular formula is C15H21ClN2O3. The molecule has 1 aromatic carbocycles. The number of nitrogens with one attached hydrogen (secondary N) is 2. The number of hydrogen-bond acceptors (Lipinski definition) is 2. The Labute approximate surface area is 129 Å². The molecule has 0 heterocycles. The van der Waals surface area contributed by atoms with Crippen molar-refractivity contribution in [3.8, 4) is 0 Å². The van der Waals surface area contributed by atoms with Crippen LogP contribution in [0.2, 0.25) is 5.02 Å². The van der Waals surface area contributed by atoms with Crippen LogP contribution >= 0.6 is 11.6 Å². The van der Waals surface area contributed by atoms with Crippen molar-refractivity contribution in [2.45, 2.75) is 27.2 Å². The van der Waals surface area contributed by atoms with E-state index in [1.165, 1.54) is 0 Å². The monoisotopic (exact) mass is 312 g/mol. The number of hydrogen-bond donors (Lipinski definition) is 3. The van der Waals surface area contributed by atoms with Crippen LogP contribution in [-0.4, -0.2) is 23.7 Å². The van der Waals surface area contributed by atoms with E-state index in [2.05, 4.69) is 10.6 Å². The number of carbonyl (C=O) groups is 2. The van der Waals surface area contributed by atoms with Crippen LogP contribution in [0.4, 0.5) is 10.5 Å². The fraction of sp³-hybridized carbons (Fsp3) is 0.467. The highest BCUT2D eigenvalue weighted by Crippen LogP contribution is 2.20. The van der Waals surface area contributed by atoms with E-state index < -0.39 is 17.9 Å². The molecule has 0 aliphatic heterocycles. The van der Waals surface area contributed by atoms with Crippen molar-refractivity contribution in [3.05, 3.63) is 28.8 Å². The van der Waals surface area contributed by atoms with Crippen LogP contribution in [0.3, 0.4) is 0 Å². The Balaban J connectivity index is 2.57. The summed E-state index contributed by atoms with van der Waals surface area (Å²) in [6, 6.07) is 4.76. The van der Waals surface area contributed by atoms with Crippen molar-refractivity contribution in [2.75, 3.05) is 11.9 Å². The summed E-state index contributed by atoms with van der Waals surface area (Å²) in [6.45, 7) is 5.85. The van der Waals surface area contributed by atoms with Crippen LogP contribution in [0.5, 0.6) is 0 Å². The zero-order chi connectivity index (χ0) is 16.0. The van der Waals surface area contributed by atoms with Gasteiger partial charge in [0.1, 0.15) is 0 Å². The number of carbonyl (C=O) groups excluding carboxylic acids is 1. The maximum atomic E-state index is 11.8. The number of aliphatic carboxylic acids is 1. The van der Waals surface area contributed by atoms with Gasteiger partial charge in [0.15, 0.2) is 0 Å². The van der Waals surface area contributed by atoms with E-state index in [-0.39, 0.29) is 12.5 Å². The highest BCUT2D eigenvalue weighted by molar-refractivity contribution is 6.31. The largest absolute Gasteiger partial charge is 0.481 e. The number of carboxylic acids is 1. The molecule has 5 nitrogen and oxygen atoms in total. The maximum absolute atomic E-state index is 11.8. The summed E-state index contributed by atoms with van der Waals surface area (Å²) in [5, 5.41) is 14.9. The number of urea groups is 1. The number of aryl methyl sites for hydroxylation is 1. The van der Waals surface area contributed by atoms with E-state index in [1.54, 1.807) is 18.2 Å². The summed E-state index contributed by atoms with van der Waals surface area (Å²) in [5.74, 6) is -1.23. The van der Waals surface area contributed by atoms with Gasteiger partial charge in [-0.15, -0.1) is 0 Å². The molecule has 0 aromatic heterocycles. The van der Waals surface area contributed by atoms with Gasteiger partial charge in [-0.05, 0) is 37.0 Å². The van der Waals surface area contributed by atoms with E-state index in [4.69, 9.17) is 16.7 Å². The smallest absolute Gasteiger partial charge is 0.319 e. The summed E-state index contributed by atoms with van der Waals surface area (Å²) in [6.07, 6.45) is 0.520. The molecule has 0 saturated carbocycles. The number of anilines is 1. The van der Waals surface area contributed by atoms with E-state index in [0.717, 1.165) is 5.56 Å². The number of rotatable bonds is 6. The molecule has 2 amide bonds. The average molecular weight is 313 g/mol. The molecule has 1 aromatic rings. The summed E-state index contributed by atoms with van der Waals surface area (Å²) < 4.78 is 0. The van der Waals surface area contributed by atoms with Gasteiger partial charge in [0.05, 0.1) is 5.92 Å². The summed E-state index contributed by atoms with van der Waals surface area (Å²) in [4.78, 5) is 22.9. The van der Waals surface area contributed by atoms with Crippen LogP contribution in [0, 0.1) is 18.8 Å². The van der Waals surface area contributed by atoms with Gasteiger partial charge >= 0.3 is 12.0 Å². The van der Waals surface area contributed by atoms with Gasteiger partial charge < -0.3 is 15.7 Å². The second kappa shape index (κ2) is 7.88. The zero-order valence-electron chi connectivity index (χ0n) is 12.4. The summed E-state index contributed by atoms with van der Waals surface area (Å²) in [7, 11) is 0. The lowest BCUT2D eigenvalue weighted by Crippen LogP contribution is -2.36. The van der Waals surface area contributed by atoms with Crippen molar-refractivity contribution in [1.82, 2.24) is 5.32 Å². The highest BCUT2D eigenvalue weighted by Gasteiger charge is 2.19. The molecule has 0 fully saturated rings. The van der Waals surface area contributed by atoms with Crippen molar-refractivity contribution in [1.29, 1.82) is 0 Å². The molecule has 3 N–H and O–H groups in total. The van der Waals surface area contributed by atoms with Gasteiger partial charge in [-0.2, -0.15) is 0 Å². The van der Waals surface area contributed by atoms with E-state index in [9.17, 15) is 9.59 Å². The first-order chi connectivity index (χ1) is 9.79.